The Morgan fingerprint density at radius 2 is 1.74 bits per heavy atom. The van der Waals surface area contributed by atoms with Crippen LogP contribution in [0, 0.1) is 5.92 Å². The van der Waals surface area contributed by atoms with Crippen molar-refractivity contribution < 1.29 is 15.3 Å². The molecule has 38 heavy (non-hydrogen) atoms. The lowest BCUT2D eigenvalue weighted by Gasteiger charge is -2.17. The zero-order valence-electron chi connectivity index (χ0n) is 21.2. The van der Waals surface area contributed by atoms with Gasteiger partial charge in [-0.3, -0.25) is 0 Å². The highest BCUT2D eigenvalue weighted by Gasteiger charge is 2.44. The van der Waals surface area contributed by atoms with Crippen molar-refractivity contribution in [3.63, 3.8) is 0 Å². The molecule has 2 aromatic carbocycles. The minimum atomic E-state index is -1.05. The largest absolute Gasteiger partial charge is 0.396 e. The van der Waals surface area contributed by atoms with E-state index in [2.05, 4.69) is 71.1 Å². The van der Waals surface area contributed by atoms with Crippen molar-refractivity contribution in [2.24, 2.45) is 5.92 Å². The molecule has 9 nitrogen and oxygen atoms in total. The molecular weight excluding hydrogens is 500 g/mol. The van der Waals surface area contributed by atoms with E-state index in [0.717, 1.165) is 18.6 Å². The van der Waals surface area contributed by atoms with Gasteiger partial charge in [0.2, 0.25) is 0 Å². The van der Waals surface area contributed by atoms with Crippen LogP contribution in [0.25, 0.3) is 22.3 Å². The molecule has 198 valence electrons. The van der Waals surface area contributed by atoms with E-state index < -0.39 is 24.2 Å². The van der Waals surface area contributed by atoms with E-state index >= 15 is 0 Å². The van der Waals surface area contributed by atoms with Gasteiger partial charge >= 0.3 is 0 Å². The van der Waals surface area contributed by atoms with Crippen molar-refractivity contribution in [2.75, 3.05) is 17.7 Å². The van der Waals surface area contributed by atoms with Crippen LogP contribution in [0.15, 0.2) is 59.8 Å². The smallest absolute Gasteiger partial charge is 0.191 e. The molecule has 4 aromatic rings. The molecule has 4 N–H and O–H groups in total. The fraction of sp³-hybridized carbons (Fsp3) is 0.429. The van der Waals surface area contributed by atoms with Gasteiger partial charge in [-0.05, 0) is 36.0 Å². The van der Waals surface area contributed by atoms with E-state index in [9.17, 15) is 15.3 Å². The average Bonchev–Trinajstić information content (AvgIpc) is 3.50. The van der Waals surface area contributed by atoms with Crippen LogP contribution in [0.3, 0.4) is 0 Å². The fourth-order valence-electron chi connectivity index (χ4n) is 5.37. The molecule has 0 amide bonds. The van der Waals surface area contributed by atoms with E-state index in [1.54, 1.807) is 16.4 Å². The number of aliphatic hydroxyl groups is 3. The number of thioether (sulfide) groups is 1. The second-order valence-corrected chi connectivity index (χ2v) is 11.3. The Kier molecular flexibility index (Phi) is 7.05. The van der Waals surface area contributed by atoms with Gasteiger partial charge in [0.1, 0.15) is 6.10 Å². The summed E-state index contributed by atoms with van der Waals surface area (Å²) in [6.45, 7) is 1.91. The predicted molar refractivity (Wildman–Crippen MR) is 147 cm³/mol. The van der Waals surface area contributed by atoms with Crippen LogP contribution in [0.4, 0.5) is 5.82 Å². The maximum atomic E-state index is 10.7. The molecule has 2 heterocycles. The highest BCUT2D eigenvalue weighted by atomic mass is 32.2. The van der Waals surface area contributed by atoms with Gasteiger partial charge in [0.25, 0.3) is 0 Å². The molecule has 2 aromatic heterocycles. The lowest BCUT2D eigenvalue weighted by Crippen LogP contribution is -2.30. The predicted octanol–water partition coefficient (Wildman–Crippen LogP) is 3.63. The normalized spacial score (nSPS) is 26.6. The second-order valence-electron chi connectivity index (χ2n) is 10.2. The summed E-state index contributed by atoms with van der Waals surface area (Å²) < 4.78 is 1.59. The highest BCUT2D eigenvalue weighted by Crippen LogP contribution is 2.44. The molecule has 0 radical (unpaired) electrons. The van der Waals surface area contributed by atoms with E-state index in [1.165, 1.54) is 16.7 Å². The summed E-state index contributed by atoms with van der Waals surface area (Å²) in [5, 5.41) is 43.5. The van der Waals surface area contributed by atoms with Crippen LogP contribution in [0.2, 0.25) is 0 Å². The summed E-state index contributed by atoms with van der Waals surface area (Å²) in [4.78, 5) is 9.50. The quantitative estimate of drug-likeness (QED) is 0.189. The zero-order chi connectivity index (χ0) is 26.2. The Balaban J connectivity index is 1.25. The van der Waals surface area contributed by atoms with Gasteiger partial charge in [0.05, 0.1) is 12.1 Å². The third-order valence-electron chi connectivity index (χ3n) is 7.62. The number of benzene rings is 2. The minimum Gasteiger partial charge on any atom is -0.396 e. The first-order valence-electron chi connectivity index (χ1n) is 13.2. The number of hydrogen-bond acceptors (Lipinski definition) is 9. The van der Waals surface area contributed by atoms with Gasteiger partial charge < -0.3 is 20.6 Å². The number of fused-ring (bicyclic) bond motifs is 1. The summed E-state index contributed by atoms with van der Waals surface area (Å²) in [6, 6.07) is 18.8. The second kappa shape index (κ2) is 10.6. The van der Waals surface area contributed by atoms with Crippen LogP contribution < -0.4 is 5.32 Å². The molecule has 6 atom stereocenters. The molecule has 2 aliphatic carbocycles. The monoisotopic (exact) mass is 532 g/mol. The molecule has 0 bridgehead atoms. The molecule has 2 unspecified atom stereocenters. The fourth-order valence-corrected chi connectivity index (χ4v) is 6.06. The zero-order valence-corrected chi connectivity index (χ0v) is 22.0. The third-order valence-corrected chi connectivity index (χ3v) is 8.67. The Bertz CT molecular complexity index is 1400. The highest BCUT2D eigenvalue weighted by molar-refractivity contribution is 7.99. The van der Waals surface area contributed by atoms with Crippen LogP contribution in [-0.4, -0.2) is 70.9 Å². The van der Waals surface area contributed by atoms with E-state index in [-0.39, 0.29) is 12.6 Å². The number of hydrogen-bond donors (Lipinski definition) is 4. The first-order valence-corrected chi connectivity index (χ1v) is 14.2. The van der Waals surface area contributed by atoms with E-state index in [4.69, 9.17) is 9.97 Å². The summed E-state index contributed by atoms with van der Waals surface area (Å²) >= 11 is 1.57. The van der Waals surface area contributed by atoms with Gasteiger partial charge in [-0.25, -0.2) is 14.6 Å². The summed E-state index contributed by atoms with van der Waals surface area (Å²) in [6.07, 6.45) is 0.306. The number of nitrogens with one attached hydrogen (secondary N) is 1. The molecule has 0 aliphatic heterocycles. The Hall–Kier alpha value is -3.05. The van der Waals surface area contributed by atoms with Crippen molar-refractivity contribution in [1.82, 2.24) is 25.0 Å². The summed E-state index contributed by atoms with van der Waals surface area (Å²) in [5.74, 6) is 1.48. The first-order chi connectivity index (χ1) is 18.6. The van der Waals surface area contributed by atoms with Crippen molar-refractivity contribution in [2.45, 2.75) is 61.6 Å². The molecule has 6 rings (SSSR count). The molecule has 2 fully saturated rings. The number of anilines is 1. The van der Waals surface area contributed by atoms with Crippen molar-refractivity contribution in [1.29, 1.82) is 0 Å². The molecular formula is C28H32N6O3S. The van der Waals surface area contributed by atoms with E-state index in [0.29, 0.717) is 34.5 Å². The van der Waals surface area contributed by atoms with Gasteiger partial charge in [-0.2, -0.15) is 0 Å². The minimum absolute atomic E-state index is 0.198. The van der Waals surface area contributed by atoms with Crippen LogP contribution in [0.1, 0.15) is 43.7 Å². The molecule has 2 aliphatic rings. The Labute approximate surface area is 225 Å². The van der Waals surface area contributed by atoms with Crippen LogP contribution >= 0.6 is 11.8 Å². The maximum absolute atomic E-state index is 10.7. The van der Waals surface area contributed by atoms with Gasteiger partial charge in [0, 0.05) is 30.2 Å². The van der Waals surface area contributed by atoms with Crippen molar-refractivity contribution in [3.05, 3.63) is 60.2 Å². The van der Waals surface area contributed by atoms with E-state index in [1.807, 2.05) is 6.07 Å². The molecule has 2 saturated carbocycles. The third kappa shape index (κ3) is 4.77. The Morgan fingerprint density at radius 3 is 2.45 bits per heavy atom. The molecule has 0 saturated heterocycles. The van der Waals surface area contributed by atoms with Gasteiger partial charge in [-0.15, -0.1) is 5.10 Å². The average molecular weight is 533 g/mol. The van der Waals surface area contributed by atoms with Gasteiger partial charge in [0.15, 0.2) is 22.1 Å². The lowest BCUT2D eigenvalue weighted by molar-refractivity contribution is -0.00512. The number of nitrogens with zero attached hydrogens (tertiary/aromatic N) is 5. The lowest BCUT2D eigenvalue weighted by atomic mass is 10.0. The van der Waals surface area contributed by atoms with Crippen LogP contribution in [-0.2, 0) is 0 Å². The number of aliphatic hydroxyl groups excluding tert-OH is 3. The number of aromatic nitrogens is 5. The first kappa shape index (κ1) is 25.2. The maximum Gasteiger partial charge on any atom is 0.191 e. The summed E-state index contributed by atoms with van der Waals surface area (Å²) in [7, 11) is 0. The number of rotatable bonds is 9. The standard InChI is InChI=1S/C28H32N6O3S/c1-2-12-38-28-30-26(23-27(31-28)34(33-32-23)22-13-19(15-35)24(36)25(22)37)29-21-14-20(21)18-10-8-17(9-11-18)16-6-4-3-5-7-16/h3-11,19-22,24-25,35-37H,2,12-15H2,1H3,(H,29,30,31)/t19-,20?,21?,22-,24-,25+/m1/s1. The molecule has 0 spiro atoms. The van der Waals surface area contributed by atoms with Crippen LogP contribution in [0.5, 0.6) is 0 Å². The topological polar surface area (TPSA) is 129 Å². The Morgan fingerprint density at radius 1 is 0.974 bits per heavy atom. The summed E-state index contributed by atoms with van der Waals surface area (Å²) in [5.41, 5.74) is 4.77. The molecule has 10 heteroatoms. The van der Waals surface area contributed by atoms with Gasteiger partial charge in [-0.1, -0.05) is 78.5 Å². The SMILES string of the molecule is CCCSc1nc(NC2CC2c2ccc(-c3ccccc3)cc2)c2nnn([C@@H]3C[C@H](CO)[C@@H](O)[C@H]3O)c2n1. The van der Waals surface area contributed by atoms with Crippen molar-refractivity contribution >= 4 is 28.7 Å². The van der Waals surface area contributed by atoms with Crippen molar-refractivity contribution in [3.8, 4) is 11.1 Å².